The Morgan fingerprint density at radius 3 is 2.15 bits per heavy atom. The van der Waals surface area contributed by atoms with Crippen molar-refractivity contribution in [2.24, 2.45) is 0 Å². The highest BCUT2D eigenvalue weighted by Gasteiger charge is 1.95. The van der Waals surface area contributed by atoms with Gasteiger partial charge in [0.1, 0.15) is 0 Å². The van der Waals surface area contributed by atoms with Crippen molar-refractivity contribution in [2.45, 2.75) is 39.7 Å². The van der Waals surface area contributed by atoms with Gasteiger partial charge < -0.3 is 5.11 Å². The molecule has 1 nitrogen and oxygen atoms in total. The highest BCUT2D eigenvalue weighted by molar-refractivity contribution is 5.14. The predicted molar refractivity (Wildman–Crippen MR) is 57.8 cm³/mol. The minimum atomic E-state index is -0.185. The molecule has 0 saturated heterocycles. The first kappa shape index (κ1) is 12.2. The normalized spacial score (nSPS) is 11.4. The van der Waals surface area contributed by atoms with Crippen molar-refractivity contribution in [1.82, 2.24) is 0 Å². The predicted octanol–water partition coefficient (Wildman–Crippen LogP) is 3.03. The first-order valence-corrected chi connectivity index (χ1v) is 5.01. The molecule has 1 rings (SSSR count). The molecule has 0 aliphatic rings. The molecule has 13 heavy (non-hydrogen) atoms. The van der Waals surface area contributed by atoms with Crippen molar-refractivity contribution in [3.05, 3.63) is 35.9 Å². The van der Waals surface area contributed by atoms with Gasteiger partial charge in [-0.25, -0.2) is 0 Å². The third-order valence-electron chi connectivity index (χ3n) is 1.69. The van der Waals surface area contributed by atoms with E-state index in [1.54, 1.807) is 0 Å². The van der Waals surface area contributed by atoms with E-state index in [1.807, 2.05) is 39.0 Å². The standard InChI is InChI=1S/C10H14O.C2H6/c1-9(11)7-8-10-5-3-2-4-6-10;1-2/h2-6,9,11H,7-8H2,1H3;1-2H3. The molecule has 1 atom stereocenters. The third kappa shape index (κ3) is 6.35. The van der Waals surface area contributed by atoms with Crippen molar-refractivity contribution < 1.29 is 5.11 Å². The number of aryl methyl sites for hydroxylation is 1. The van der Waals surface area contributed by atoms with Crippen LogP contribution in [0.2, 0.25) is 0 Å². The van der Waals surface area contributed by atoms with Gasteiger partial charge in [-0.15, -0.1) is 0 Å². The van der Waals surface area contributed by atoms with Crippen LogP contribution in [0.1, 0.15) is 32.8 Å². The maximum Gasteiger partial charge on any atom is 0.0515 e. The summed E-state index contributed by atoms with van der Waals surface area (Å²) in [5, 5.41) is 9.01. The van der Waals surface area contributed by atoms with Gasteiger partial charge in [0.05, 0.1) is 6.10 Å². The molecule has 0 saturated carbocycles. The van der Waals surface area contributed by atoms with E-state index in [-0.39, 0.29) is 6.10 Å². The Labute approximate surface area is 81.4 Å². The van der Waals surface area contributed by atoms with Crippen LogP contribution in [0, 0.1) is 0 Å². The molecule has 1 unspecified atom stereocenters. The lowest BCUT2D eigenvalue weighted by molar-refractivity contribution is 0.185. The van der Waals surface area contributed by atoms with E-state index in [2.05, 4.69) is 12.1 Å². The average Bonchev–Trinajstić information content (AvgIpc) is 2.19. The summed E-state index contributed by atoms with van der Waals surface area (Å²) in [5.74, 6) is 0. The second kappa shape index (κ2) is 7.81. The molecule has 0 bridgehead atoms. The van der Waals surface area contributed by atoms with Crippen molar-refractivity contribution in [3.8, 4) is 0 Å². The summed E-state index contributed by atoms with van der Waals surface area (Å²) < 4.78 is 0. The number of benzene rings is 1. The minimum absolute atomic E-state index is 0.185. The highest BCUT2D eigenvalue weighted by atomic mass is 16.3. The van der Waals surface area contributed by atoms with Crippen LogP contribution in [0.5, 0.6) is 0 Å². The molecule has 0 aliphatic heterocycles. The number of hydrogen-bond donors (Lipinski definition) is 1. The third-order valence-corrected chi connectivity index (χ3v) is 1.69. The number of rotatable bonds is 3. The van der Waals surface area contributed by atoms with Crippen molar-refractivity contribution in [1.29, 1.82) is 0 Å². The summed E-state index contributed by atoms with van der Waals surface area (Å²) >= 11 is 0. The molecule has 1 heteroatoms. The summed E-state index contributed by atoms with van der Waals surface area (Å²) in [4.78, 5) is 0. The largest absolute Gasteiger partial charge is 0.393 e. The Morgan fingerprint density at radius 2 is 1.69 bits per heavy atom. The molecule has 0 fully saturated rings. The molecule has 0 spiro atoms. The summed E-state index contributed by atoms with van der Waals surface area (Å²) in [6, 6.07) is 10.2. The van der Waals surface area contributed by atoms with E-state index in [0.29, 0.717) is 0 Å². The highest BCUT2D eigenvalue weighted by Crippen LogP contribution is 2.03. The zero-order valence-electron chi connectivity index (χ0n) is 8.83. The Bertz CT molecular complexity index is 192. The van der Waals surface area contributed by atoms with Crippen LogP contribution in [0.15, 0.2) is 30.3 Å². The van der Waals surface area contributed by atoms with E-state index in [0.717, 1.165) is 12.8 Å². The first-order valence-electron chi connectivity index (χ1n) is 5.01. The smallest absolute Gasteiger partial charge is 0.0515 e. The lowest BCUT2D eigenvalue weighted by Crippen LogP contribution is -2.00. The Balaban J connectivity index is 0.000000671. The summed E-state index contributed by atoms with van der Waals surface area (Å²) in [6.07, 6.45) is 1.64. The SMILES string of the molecule is CC.CC(O)CCc1ccccc1. The second-order valence-electron chi connectivity index (χ2n) is 2.87. The molecule has 0 amide bonds. The molecule has 0 aromatic heterocycles. The van der Waals surface area contributed by atoms with Gasteiger partial charge in [0.15, 0.2) is 0 Å². The molecule has 1 aromatic rings. The molecular formula is C12H20O. The second-order valence-corrected chi connectivity index (χ2v) is 2.87. The van der Waals surface area contributed by atoms with Crippen LogP contribution >= 0.6 is 0 Å². The minimum Gasteiger partial charge on any atom is -0.393 e. The van der Waals surface area contributed by atoms with Crippen LogP contribution in [-0.4, -0.2) is 11.2 Å². The molecular weight excluding hydrogens is 160 g/mol. The Hall–Kier alpha value is -0.820. The fraction of sp³-hybridized carbons (Fsp3) is 0.500. The van der Waals surface area contributed by atoms with Crippen molar-refractivity contribution in [2.75, 3.05) is 0 Å². The van der Waals surface area contributed by atoms with E-state index in [4.69, 9.17) is 5.11 Å². The zero-order valence-corrected chi connectivity index (χ0v) is 8.83. The van der Waals surface area contributed by atoms with Crippen LogP contribution in [-0.2, 0) is 6.42 Å². The number of aliphatic hydroxyl groups excluding tert-OH is 1. The molecule has 0 heterocycles. The molecule has 74 valence electrons. The first-order chi connectivity index (χ1) is 6.29. The lowest BCUT2D eigenvalue weighted by atomic mass is 10.1. The van der Waals surface area contributed by atoms with Gasteiger partial charge in [0.25, 0.3) is 0 Å². The molecule has 1 N–H and O–H groups in total. The van der Waals surface area contributed by atoms with Gasteiger partial charge in [0, 0.05) is 0 Å². The van der Waals surface area contributed by atoms with Gasteiger partial charge in [-0.3, -0.25) is 0 Å². The van der Waals surface area contributed by atoms with Gasteiger partial charge in [-0.1, -0.05) is 44.2 Å². The van der Waals surface area contributed by atoms with Crippen LogP contribution in [0.25, 0.3) is 0 Å². The Kier molecular flexibility index (Phi) is 7.32. The monoisotopic (exact) mass is 180 g/mol. The average molecular weight is 180 g/mol. The number of aliphatic hydroxyl groups is 1. The van der Waals surface area contributed by atoms with Gasteiger partial charge in [0.2, 0.25) is 0 Å². The topological polar surface area (TPSA) is 20.2 Å². The van der Waals surface area contributed by atoms with E-state index in [1.165, 1.54) is 5.56 Å². The van der Waals surface area contributed by atoms with Crippen LogP contribution < -0.4 is 0 Å². The van der Waals surface area contributed by atoms with Gasteiger partial charge >= 0.3 is 0 Å². The summed E-state index contributed by atoms with van der Waals surface area (Å²) in [7, 11) is 0. The fourth-order valence-corrected chi connectivity index (χ4v) is 1.02. The molecule has 0 aliphatic carbocycles. The Morgan fingerprint density at radius 1 is 1.15 bits per heavy atom. The van der Waals surface area contributed by atoms with Crippen LogP contribution in [0.4, 0.5) is 0 Å². The van der Waals surface area contributed by atoms with Gasteiger partial charge in [-0.05, 0) is 25.3 Å². The van der Waals surface area contributed by atoms with Crippen molar-refractivity contribution in [3.63, 3.8) is 0 Å². The summed E-state index contributed by atoms with van der Waals surface area (Å²) in [6.45, 7) is 5.82. The number of hydrogen-bond acceptors (Lipinski definition) is 1. The van der Waals surface area contributed by atoms with Crippen LogP contribution in [0.3, 0.4) is 0 Å². The van der Waals surface area contributed by atoms with Gasteiger partial charge in [-0.2, -0.15) is 0 Å². The van der Waals surface area contributed by atoms with E-state index < -0.39 is 0 Å². The van der Waals surface area contributed by atoms with Crippen molar-refractivity contribution >= 4 is 0 Å². The zero-order chi connectivity index (χ0) is 10.1. The quantitative estimate of drug-likeness (QED) is 0.758. The fourth-order valence-electron chi connectivity index (χ4n) is 1.02. The lowest BCUT2D eigenvalue weighted by Gasteiger charge is -2.02. The van der Waals surface area contributed by atoms with E-state index in [9.17, 15) is 0 Å². The maximum absolute atomic E-state index is 9.01. The summed E-state index contributed by atoms with van der Waals surface area (Å²) in [5.41, 5.74) is 1.30. The molecule has 0 radical (unpaired) electrons. The maximum atomic E-state index is 9.01. The van der Waals surface area contributed by atoms with E-state index >= 15 is 0 Å². The molecule has 1 aromatic carbocycles.